The van der Waals surface area contributed by atoms with Crippen molar-refractivity contribution in [2.75, 3.05) is 0 Å². The summed E-state index contributed by atoms with van der Waals surface area (Å²) in [6.07, 6.45) is 1.93. The van der Waals surface area contributed by atoms with Crippen molar-refractivity contribution >= 4 is 5.91 Å². The Morgan fingerprint density at radius 3 is 2.90 bits per heavy atom. The maximum Gasteiger partial charge on any atom is 0.251 e. The lowest BCUT2D eigenvalue weighted by molar-refractivity contribution is 0.0936. The summed E-state index contributed by atoms with van der Waals surface area (Å²) in [5.74, 6) is -0.121. The lowest BCUT2D eigenvalue weighted by atomic mass is 10.1. The number of hydrogen-bond donors (Lipinski definition) is 1. The molecule has 0 saturated carbocycles. The van der Waals surface area contributed by atoms with Crippen LogP contribution in [0.4, 0.5) is 0 Å². The van der Waals surface area contributed by atoms with Crippen LogP contribution in [0.1, 0.15) is 39.5 Å². The number of rotatable bonds is 2. The first kappa shape index (κ1) is 12.4. The van der Waals surface area contributed by atoms with Crippen molar-refractivity contribution in [3.63, 3.8) is 0 Å². The third-order valence-corrected chi connectivity index (χ3v) is 3.69. The van der Waals surface area contributed by atoms with Crippen LogP contribution >= 0.6 is 0 Å². The van der Waals surface area contributed by atoms with Crippen LogP contribution in [0.5, 0.6) is 0 Å². The lowest BCUT2D eigenvalue weighted by Crippen LogP contribution is -2.27. The number of hydrogen-bond acceptors (Lipinski definition) is 2. The smallest absolute Gasteiger partial charge is 0.251 e. The minimum absolute atomic E-state index is 0.0736. The molecule has 2 aromatic carbocycles. The molecule has 0 radical (unpaired) electrons. The second-order valence-electron chi connectivity index (χ2n) is 4.96. The molecule has 1 aliphatic carbocycles. The van der Waals surface area contributed by atoms with Crippen molar-refractivity contribution in [2.45, 2.75) is 18.9 Å². The number of aryl methyl sites for hydroxylation is 1. The third-order valence-electron chi connectivity index (χ3n) is 3.69. The zero-order chi connectivity index (χ0) is 13.9. The molecule has 0 spiro atoms. The zero-order valence-electron chi connectivity index (χ0n) is 11.0. The molecule has 0 heterocycles. The van der Waals surface area contributed by atoms with E-state index in [2.05, 4.69) is 23.5 Å². The Morgan fingerprint density at radius 2 is 2.05 bits per heavy atom. The number of nitrogens with zero attached hydrogens (tertiary/aromatic N) is 1. The van der Waals surface area contributed by atoms with Gasteiger partial charge in [0.05, 0.1) is 17.7 Å². The predicted molar refractivity (Wildman–Crippen MR) is 76.1 cm³/mol. The largest absolute Gasteiger partial charge is 0.345 e. The highest BCUT2D eigenvalue weighted by Gasteiger charge is 2.23. The van der Waals surface area contributed by atoms with Crippen LogP contribution in [0.25, 0.3) is 0 Å². The summed E-state index contributed by atoms with van der Waals surface area (Å²) in [7, 11) is 0. The average Bonchev–Trinajstić information content (AvgIpc) is 2.90. The van der Waals surface area contributed by atoms with E-state index in [1.807, 2.05) is 12.1 Å². The molecule has 1 atom stereocenters. The van der Waals surface area contributed by atoms with Crippen LogP contribution in [0.2, 0.25) is 0 Å². The van der Waals surface area contributed by atoms with Crippen LogP contribution in [0, 0.1) is 11.3 Å². The minimum Gasteiger partial charge on any atom is -0.345 e. The molecule has 0 bridgehead atoms. The predicted octanol–water partition coefficient (Wildman–Crippen LogP) is 2.98. The van der Waals surface area contributed by atoms with E-state index in [0.717, 1.165) is 12.8 Å². The maximum absolute atomic E-state index is 12.3. The SMILES string of the molecule is N#Cc1cccc(C(=O)N[C@H]2CCc3ccccc32)c1. The Bertz CT molecular complexity index is 700. The molecule has 0 unspecified atom stereocenters. The third kappa shape index (κ3) is 2.28. The fourth-order valence-corrected chi connectivity index (χ4v) is 2.68. The van der Waals surface area contributed by atoms with Gasteiger partial charge in [-0.2, -0.15) is 5.26 Å². The Hall–Kier alpha value is -2.60. The molecule has 1 amide bonds. The van der Waals surface area contributed by atoms with Gasteiger partial charge >= 0.3 is 0 Å². The van der Waals surface area contributed by atoms with Gasteiger partial charge in [-0.25, -0.2) is 0 Å². The molecule has 1 aliphatic rings. The Morgan fingerprint density at radius 1 is 1.20 bits per heavy atom. The average molecular weight is 262 g/mol. The number of benzene rings is 2. The molecule has 0 aromatic heterocycles. The van der Waals surface area contributed by atoms with Gasteiger partial charge in [0.2, 0.25) is 0 Å². The highest BCUT2D eigenvalue weighted by atomic mass is 16.1. The number of amides is 1. The molecular formula is C17H14N2O. The van der Waals surface area contributed by atoms with Crippen LogP contribution < -0.4 is 5.32 Å². The van der Waals surface area contributed by atoms with Crippen LogP contribution in [-0.2, 0) is 6.42 Å². The maximum atomic E-state index is 12.3. The Labute approximate surface area is 117 Å². The Kier molecular flexibility index (Phi) is 3.22. The molecule has 1 N–H and O–H groups in total. The fourth-order valence-electron chi connectivity index (χ4n) is 2.68. The van der Waals surface area contributed by atoms with Crippen molar-refractivity contribution in [1.29, 1.82) is 5.26 Å². The van der Waals surface area contributed by atoms with E-state index in [0.29, 0.717) is 11.1 Å². The molecule has 98 valence electrons. The first-order chi connectivity index (χ1) is 9.78. The standard InChI is InChI=1S/C17H14N2O/c18-11-12-4-3-6-14(10-12)17(20)19-16-9-8-13-5-1-2-7-15(13)16/h1-7,10,16H,8-9H2,(H,19,20)/t16-/m0/s1. The van der Waals surface area contributed by atoms with Crippen molar-refractivity contribution in [2.24, 2.45) is 0 Å². The van der Waals surface area contributed by atoms with E-state index < -0.39 is 0 Å². The normalized spacial score (nSPS) is 16.2. The molecule has 3 nitrogen and oxygen atoms in total. The molecule has 20 heavy (non-hydrogen) atoms. The Balaban J connectivity index is 1.79. The summed E-state index contributed by atoms with van der Waals surface area (Å²) in [6, 6.07) is 17.1. The first-order valence-corrected chi connectivity index (χ1v) is 6.67. The van der Waals surface area contributed by atoms with Gasteiger partial charge in [0.25, 0.3) is 5.91 Å². The molecular weight excluding hydrogens is 248 g/mol. The van der Waals surface area contributed by atoms with E-state index in [1.165, 1.54) is 11.1 Å². The van der Waals surface area contributed by atoms with Gasteiger partial charge in [-0.3, -0.25) is 4.79 Å². The number of nitriles is 1. The highest BCUT2D eigenvalue weighted by molar-refractivity contribution is 5.94. The van der Waals surface area contributed by atoms with Gasteiger partial charge < -0.3 is 5.32 Å². The van der Waals surface area contributed by atoms with E-state index in [-0.39, 0.29) is 11.9 Å². The molecule has 0 saturated heterocycles. The number of carbonyl (C=O) groups is 1. The van der Waals surface area contributed by atoms with Gasteiger partial charge in [0.1, 0.15) is 0 Å². The van der Waals surface area contributed by atoms with Crippen molar-refractivity contribution < 1.29 is 4.79 Å². The topological polar surface area (TPSA) is 52.9 Å². The number of carbonyl (C=O) groups excluding carboxylic acids is 1. The highest BCUT2D eigenvalue weighted by Crippen LogP contribution is 2.30. The molecule has 2 aromatic rings. The van der Waals surface area contributed by atoms with Gasteiger partial charge in [0, 0.05) is 5.56 Å². The van der Waals surface area contributed by atoms with Crippen LogP contribution in [0.15, 0.2) is 48.5 Å². The van der Waals surface area contributed by atoms with Crippen molar-refractivity contribution in [3.05, 3.63) is 70.8 Å². The van der Waals surface area contributed by atoms with Gasteiger partial charge in [0.15, 0.2) is 0 Å². The van der Waals surface area contributed by atoms with Crippen LogP contribution in [-0.4, -0.2) is 5.91 Å². The number of nitrogens with one attached hydrogen (secondary N) is 1. The molecule has 3 heteroatoms. The van der Waals surface area contributed by atoms with E-state index in [1.54, 1.807) is 24.3 Å². The van der Waals surface area contributed by atoms with Crippen molar-refractivity contribution in [1.82, 2.24) is 5.32 Å². The van der Waals surface area contributed by atoms with Gasteiger partial charge in [-0.05, 0) is 42.2 Å². The monoisotopic (exact) mass is 262 g/mol. The summed E-state index contributed by atoms with van der Waals surface area (Å²) in [4.78, 5) is 12.3. The summed E-state index contributed by atoms with van der Waals surface area (Å²) >= 11 is 0. The molecule has 0 aliphatic heterocycles. The van der Waals surface area contributed by atoms with E-state index >= 15 is 0 Å². The van der Waals surface area contributed by atoms with Crippen molar-refractivity contribution in [3.8, 4) is 6.07 Å². The van der Waals surface area contributed by atoms with E-state index in [4.69, 9.17) is 5.26 Å². The minimum atomic E-state index is -0.121. The van der Waals surface area contributed by atoms with Gasteiger partial charge in [-0.1, -0.05) is 30.3 Å². The molecule has 0 fully saturated rings. The summed E-state index contributed by atoms with van der Waals surface area (Å²) in [5, 5.41) is 11.9. The second-order valence-corrected chi connectivity index (χ2v) is 4.96. The second kappa shape index (κ2) is 5.18. The summed E-state index contributed by atoms with van der Waals surface area (Å²) in [5.41, 5.74) is 3.55. The quantitative estimate of drug-likeness (QED) is 0.904. The summed E-state index contributed by atoms with van der Waals surface area (Å²) in [6.45, 7) is 0. The zero-order valence-corrected chi connectivity index (χ0v) is 11.0. The van der Waals surface area contributed by atoms with E-state index in [9.17, 15) is 4.79 Å². The lowest BCUT2D eigenvalue weighted by Gasteiger charge is -2.14. The van der Waals surface area contributed by atoms with Gasteiger partial charge in [-0.15, -0.1) is 0 Å². The van der Waals surface area contributed by atoms with Crippen LogP contribution in [0.3, 0.4) is 0 Å². The fraction of sp³-hybridized carbons (Fsp3) is 0.176. The number of fused-ring (bicyclic) bond motifs is 1. The summed E-state index contributed by atoms with van der Waals surface area (Å²) < 4.78 is 0. The molecule has 3 rings (SSSR count). The first-order valence-electron chi connectivity index (χ1n) is 6.67.